The maximum Gasteiger partial charge on any atom is 0.126 e. The van der Waals surface area contributed by atoms with Crippen molar-refractivity contribution in [1.82, 2.24) is 10.4 Å². The second kappa shape index (κ2) is 5.16. The molecule has 1 atom stereocenters. The molecule has 0 saturated heterocycles. The van der Waals surface area contributed by atoms with Crippen molar-refractivity contribution in [2.24, 2.45) is 5.73 Å². The highest BCUT2D eigenvalue weighted by molar-refractivity contribution is 5.21. The van der Waals surface area contributed by atoms with E-state index in [2.05, 4.69) is 5.43 Å². The van der Waals surface area contributed by atoms with Gasteiger partial charge in [-0.2, -0.15) is 0 Å². The maximum absolute atomic E-state index is 12.9. The van der Waals surface area contributed by atoms with E-state index in [9.17, 15) is 8.78 Å². The van der Waals surface area contributed by atoms with E-state index >= 15 is 0 Å². The number of nitrogens with zero attached hydrogens (tertiary/aromatic N) is 1. The number of hydrazine groups is 1. The molecule has 3 nitrogen and oxygen atoms in total. The van der Waals surface area contributed by atoms with E-state index in [0.717, 1.165) is 6.07 Å². The Morgan fingerprint density at radius 3 is 2.20 bits per heavy atom. The molecule has 0 aliphatic carbocycles. The molecule has 0 spiro atoms. The van der Waals surface area contributed by atoms with Crippen LogP contribution in [0.5, 0.6) is 0 Å². The van der Waals surface area contributed by atoms with Crippen molar-refractivity contribution in [3.63, 3.8) is 0 Å². The van der Waals surface area contributed by atoms with E-state index in [1.807, 2.05) is 0 Å². The first-order chi connectivity index (χ1) is 7.02. The molecular formula is C10H15F2N3. The minimum absolute atomic E-state index is 0.265. The van der Waals surface area contributed by atoms with Gasteiger partial charge in [0.05, 0.1) is 6.04 Å². The van der Waals surface area contributed by atoms with Crippen LogP contribution in [0.4, 0.5) is 8.78 Å². The molecule has 0 aliphatic rings. The van der Waals surface area contributed by atoms with Crippen molar-refractivity contribution < 1.29 is 8.78 Å². The van der Waals surface area contributed by atoms with E-state index < -0.39 is 11.6 Å². The van der Waals surface area contributed by atoms with Crippen LogP contribution in [-0.4, -0.2) is 25.6 Å². The minimum Gasteiger partial charge on any atom is -0.329 e. The van der Waals surface area contributed by atoms with Gasteiger partial charge >= 0.3 is 0 Å². The van der Waals surface area contributed by atoms with Gasteiger partial charge in [0.2, 0.25) is 0 Å². The summed E-state index contributed by atoms with van der Waals surface area (Å²) >= 11 is 0. The van der Waals surface area contributed by atoms with Crippen molar-refractivity contribution in [3.8, 4) is 0 Å². The van der Waals surface area contributed by atoms with Gasteiger partial charge in [-0.1, -0.05) is 0 Å². The van der Waals surface area contributed by atoms with Crippen LogP contribution in [0.15, 0.2) is 18.2 Å². The first-order valence-electron chi connectivity index (χ1n) is 4.62. The number of nitrogens with two attached hydrogens (primary N) is 1. The van der Waals surface area contributed by atoms with Gasteiger partial charge in [0.1, 0.15) is 11.6 Å². The van der Waals surface area contributed by atoms with Crippen molar-refractivity contribution in [2.75, 3.05) is 20.6 Å². The Labute approximate surface area is 87.8 Å². The van der Waals surface area contributed by atoms with Gasteiger partial charge in [-0.05, 0) is 17.7 Å². The standard InChI is InChI=1S/C10H15F2N3/c1-15(2)14-10(6-13)7-3-8(11)5-9(12)4-7/h3-5,10,14H,6,13H2,1-2H3. The molecular weight excluding hydrogens is 200 g/mol. The summed E-state index contributed by atoms with van der Waals surface area (Å²) in [4.78, 5) is 0. The van der Waals surface area contributed by atoms with Crippen LogP contribution < -0.4 is 11.2 Å². The SMILES string of the molecule is CN(C)NC(CN)c1cc(F)cc(F)c1. The molecule has 0 amide bonds. The number of hydrogen-bond donors (Lipinski definition) is 2. The molecule has 5 heteroatoms. The number of halogens is 2. The topological polar surface area (TPSA) is 41.3 Å². The Morgan fingerprint density at radius 1 is 1.27 bits per heavy atom. The van der Waals surface area contributed by atoms with Gasteiger partial charge in [0.25, 0.3) is 0 Å². The molecule has 0 aromatic heterocycles. The Balaban J connectivity index is 2.91. The molecule has 0 bridgehead atoms. The molecule has 0 aliphatic heterocycles. The highest BCUT2D eigenvalue weighted by Gasteiger charge is 2.12. The number of benzene rings is 1. The van der Waals surface area contributed by atoms with Crippen LogP contribution in [0, 0.1) is 11.6 Å². The highest BCUT2D eigenvalue weighted by atomic mass is 19.1. The summed E-state index contributed by atoms with van der Waals surface area (Å²) in [6.45, 7) is 0.265. The van der Waals surface area contributed by atoms with E-state index in [4.69, 9.17) is 5.73 Å². The quantitative estimate of drug-likeness (QED) is 0.737. The lowest BCUT2D eigenvalue weighted by atomic mass is 10.1. The van der Waals surface area contributed by atoms with Gasteiger partial charge in [-0.15, -0.1) is 0 Å². The molecule has 0 fully saturated rings. The van der Waals surface area contributed by atoms with Crippen LogP contribution in [0.1, 0.15) is 11.6 Å². The fourth-order valence-electron chi connectivity index (χ4n) is 1.35. The third-order valence-electron chi connectivity index (χ3n) is 1.94. The average Bonchev–Trinajstić information content (AvgIpc) is 2.12. The van der Waals surface area contributed by atoms with E-state index in [0.29, 0.717) is 5.56 Å². The molecule has 1 aromatic carbocycles. The first-order valence-corrected chi connectivity index (χ1v) is 4.62. The Kier molecular flexibility index (Phi) is 4.14. The smallest absolute Gasteiger partial charge is 0.126 e. The molecule has 1 rings (SSSR count). The van der Waals surface area contributed by atoms with Crippen LogP contribution in [0.25, 0.3) is 0 Å². The van der Waals surface area contributed by atoms with Crippen LogP contribution in [-0.2, 0) is 0 Å². The zero-order valence-corrected chi connectivity index (χ0v) is 8.80. The largest absolute Gasteiger partial charge is 0.329 e. The highest BCUT2D eigenvalue weighted by Crippen LogP contribution is 2.15. The Morgan fingerprint density at radius 2 is 1.80 bits per heavy atom. The molecule has 0 heterocycles. The summed E-state index contributed by atoms with van der Waals surface area (Å²) in [6.07, 6.45) is 0. The number of nitrogens with one attached hydrogen (secondary N) is 1. The number of hydrogen-bond acceptors (Lipinski definition) is 3. The fourth-order valence-corrected chi connectivity index (χ4v) is 1.35. The average molecular weight is 215 g/mol. The van der Waals surface area contributed by atoms with Crippen LogP contribution in [0.3, 0.4) is 0 Å². The minimum atomic E-state index is -0.594. The van der Waals surface area contributed by atoms with E-state index in [1.54, 1.807) is 19.1 Å². The van der Waals surface area contributed by atoms with Crippen LogP contribution in [0.2, 0.25) is 0 Å². The van der Waals surface area contributed by atoms with E-state index in [1.165, 1.54) is 12.1 Å². The molecule has 84 valence electrons. The molecule has 3 N–H and O–H groups in total. The second-order valence-corrected chi connectivity index (χ2v) is 3.51. The zero-order chi connectivity index (χ0) is 11.4. The predicted octanol–water partition coefficient (Wildman–Crippen LogP) is 1.03. The van der Waals surface area contributed by atoms with E-state index in [-0.39, 0.29) is 12.6 Å². The molecule has 1 aromatic rings. The second-order valence-electron chi connectivity index (χ2n) is 3.51. The zero-order valence-electron chi connectivity index (χ0n) is 8.80. The Bertz CT molecular complexity index is 308. The summed E-state index contributed by atoms with van der Waals surface area (Å²) in [6, 6.07) is 3.10. The third kappa shape index (κ3) is 3.54. The van der Waals surface area contributed by atoms with Crippen molar-refractivity contribution in [2.45, 2.75) is 6.04 Å². The molecule has 0 saturated carbocycles. The maximum atomic E-state index is 12.9. The van der Waals surface area contributed by atoms with Crippen molar-refractivity contribution >= 4 is 0 Å². The fraction of sp³-hybridized carbons (Fsp3) is 0.400. The summed E-state index contributed by atoms with van der Waals surface area (Å²) in [5.41, 5.74) is 9.00. The number of rotatable bonds is 4. The summed E-state index contributed by atoms with van der Waals surface area (Å²) in [5.74, 6) is -1.19. The molecule has 0 radical (unpaired) electrons. The summed E-state index contributed by atoms with van der Waals surface area (Å²) in [5, 5.41) is 1.69. The monoisotopic (exact) mass is 215 g/mol. The van der Waals surface area contributed by atoms with Gasteiger partial charge < -0.3 is 5.73 Å². The first kappa shape index (κ1) is 12.0. The third-order valence-corrected chi connectivity index (χ3v) is 1.94. The Hall–Kier alpha value is -1.04. The van der Waals surface area contributed by atoms with Crippen LogP contribution >= 0.6 is 0 Å². The summed E-state index contributed by atoms with van der Waals surface area (Å²) < 4.78 is 25.9. The lowest BCUT2D eigenvalue weighted by Crippen LogP contribution is -2.38. The van der Waals surface area contributed by atoms with Gasteiger partial charge in [-0.25, -0.2) is 19.2 Å². The lowest BCUT2D eigenvalue weighted by molar-refractivity contribution is 0.245. The van der Waals surface area contributed by atoms with Gasteiger partial charge in [-0.3, -0.25) is 0 Å². The normalized spacial score (nSPS) is 13.2. The predicted molar refractivity (Wildman–Crippen MR) is 55.0 cm³/mol. The lowest BCUT2D eigenvalue weighted by Gasteiger charge is -2.22. The van der Waals surface area contributed by atoms with Crippen molar-refractivity contribution in [1.29, 1.82) is 0 Å². The molecule has 15 heavy (non-hydrogen) atoms. The van der Waals surface area contributed by atoms with Crippen molar-refractivity contribution in [3.05, 3.63) is 35.4 Å². The van der Waals surface area contributed by atoms with Gasteiger partial charge in [0.15, 0.2) is 0 Å². The summed E-state index contributed by atoms with van der Waals surface area (Å²) in [7, 11) is 3.58. The molecule has 1 unspecified atom stereocenters. The van der Waals surface area contributed by atoms with Gasteiger partial charge in [0, 0.05) is 26.7 Å².